The standard InChI is InChI=1S/C18H20F2N2O4S/c1-13-3-6-15(7-4-13)26-10-9-21-18(23)12-22(27(2,24)25)14-5-8-16(19)17(20)11-14/h3-8,11H,9-10,12H2,1-2H3,(H,21,23). The second kappa shape index (κ2) is 8.81. The molecule has 0 aromatic heterocycles. The van der Waals surface area contributed by atoms with Crippen molar-refractivity contribution in [2.24, 2.45) is 0 Å². The molecule has 2 aromatic rings. The van der Waals surface area contributed by atoms with E-state index in [0.717, 1.165) is 30.0 Å². The third-order valence-electron chi connectivity index (χ3n) is 3.59. The number of hydrogen-bond acceptors (Lipinski definition) is 4. The molecule has 1 N–H and O–H groups in total. The van der Waals surface area contributed by atoms with Crippen molar-refractivity contribution in [1.29, 1.82) is 0 Å². The minimum Gasteiger partial charge on any atom is -0.492 e. The summed E-state index contributed by atoms with van der Waals surface area (Å²) in [5.41, 5.74) is 0.955. The number of rotatable bonds is 8. The fourth-order valence-electron chi connectivity index (χ4n) is 2.22. The van der Waals surface area contributed by atoms with Gasteiger partial charge in [0.15, 0.2) is 11.6 Å². The van der Waals surface area contributed by atoms with Crippen LogP contribution in [0.5, 0.6) is 5.75 Å². The molecule has 0 spiro atoms. The number of ether oxygens (including phenoxy) is 1. The Morgan fingerprint density at radius 1 is 1.11 bits per heavy atom. The number of carbonyl (C=O) groups excluding carboxylic acids is 1. The first-order valence-corrected chi connectivity index (χ1v) is 9.90. The van der Waals surface area contributed by atoms with Gasteiger partial charge >= 0.3 is 0 Å². The Kier molecular flexibility index (Phi) is 6.73. The van der Waals surface area contributed by atoms with E-state index in [1.807, 2.05) is 19.1 Å². The number of nitrogens with zero attached hydrogens (tertiary/aromatic N) is 1. The Hall–Kier alpha value is -2.68. The van der Waals surface area contributed by atoms with Crippen molar-refractivity contribution < 1.29 is 26.7 Å². The molecule has 0 saturated carbocycles. The van der Waals surface area contributed by atoms with Crippen LogP contribution in [-0.4, -0.2) is 40.3 Å². The molecule has 0 bridgehead atoms. The number of halogens is 2. The Labute approximate surface area is 156 Å². The van der Waals surface area contributed by atoms with Crippen LogP contribution in [0.2, 0.25) is 0 Å². The summed E-state index contributed by atoms with van der Waals surface area (Å²) in [5, 5.41) is 2.52. The number of nitrogens with one attached hydrogen (secondary N) is 1. The van der Waals surface area contributed by atoms with E-state index >= 15 is 0 Å². The summed E-state index contributed by atoms with van der Waals surface area (Å²) in [6.07, 6.45) is 0.877. The fourth-order valence-corrected chi connectivity index (χ4v) is 3.07. The van der Waals surface area contributed by atoms with E-state index in [2.05, 4.69) is 5.32 Å². The normalized spacial score (nSPS) is 11.1. The summed E-state index contributed by atoms with van der Waals surface area (Å²) >= 11 is 0. The molecule has 0 aliphatic rings. The van der Waals surface area contributed by atoms with Gasteiger partial charge in [-0.3, -0.25) is 9.10 Å². The highest BCUT2D eigenvalue weighted by Crippen LogP contribution is 2.20. The van der Waals surface area contributed by atoms with Gasteiger partial charge in [-0.15, -0.1) is 0 Å². The van der Waals surface area contributed by atoms with Crippen LogP contribution in [-0.2, 0) is 14.8 Å². The van der Waals surface area contributed by atoms with E-state index in [9.17, 15) is 22.0 Å². The SMILES string of the molecule is Cc1ccc(OCCNC(=O)CN(c2ccc(F)c(F)c2)S(C)(=O)=O)cc1. The molecule has 27 heavy (non-hydrogen) atoms. The lowest BCUT2D eigenvalue weighted by atomic mass is 10.2. The lowest BCUT2D eigenvalue weighted by Gasteiger charge is -2.22. The summed E-state index contributed by atoms with van der Waals surface area (Å²) in [6.45, 7) is 1.74. The first kappa shape index (κ1) is 20.6. The topological polar surface area (TPSA) is 75.7 Å². The third kappa shape index (κ3) is 6.21. The van der Waals surface area contributed by atoms with Gasteiger partial charge in [0.2, 0.25) is 15.9 Å². The van der Waals surface area contributed by atoms with Crippen LogP contribution in [0.3, 0.4) is 0 Å². The van der Waals surface area contributed by atoms with Crippen LogP contribution < -0.4 is 14.4 Å². The van der Waals surface area contributed by atoms with Gasteiger partial charge in [-0.1, -0.05) is 17.7 Å². The molecule has 0 saturated heterocycles. The van der Waals surface area contributed by atoms with Crippen molar-refractivity contribution in [3.63, 3.8) is 0 Å². The molecule has 0 aliphatic carbocycles. The molecule has 0 heterocycles. The second-order valence-corrected chi connectivity index (χ2v) is 7.79. The molecule has 0 unspecified atom stereocenters. The second-order valence-electron chi connectivity index (χ2n) is 5.88. The molecule has 2 aromatic carbocycles. The molecule has 1 amide bonds. The average Bonchev–Trinajstić information content (AvgIpc) is 2.60. The quantitative estimate of drug-likeness (QED) is 0.692. The smallest absolute Gasteiger partial charge is 0.240 e. The van der Waals surface area contributed by atoms with Gasteiger partial charge in [-0.05, 0) is 31.2 Å². The monoisotopic (exact) mass is 398 g/mol. The first-order valence-electron chi connectivity index (χ1n) is 8.06. The minimum atomic E-state index is -3.87. The minimum absolute atomic E-state index is 0.137. The molecular formula is C18H20F2N2O4S. The Morgan fingerprint density at radius 3 is 2.37 bits per heavy atom. The van der Waals surface area contributed by atoms with Crippen LogP contribution in [0.15, 0.2) is 42.5 Å². The van der Waals surface area contributed by atoms with E-state index in [0.29, 0.717) is 10.1 Å². The number of anilines is 1. The molecular weight excluding hydrogens is 378 g/mol. The molecule has 0 atom stereocenters. The van der Waals surface area contributed by atoms with Gasteiger partial charge in [-0.25, -0.2) is 17.2 Å². The summed E-state index contributed by atoms with van der Waals surface area (Å²) in [5.74, 6) is -2.26. The van der Waals surface area contributed by atoms with Gasteiger partial charge in [0, 0.05) is 6.07 Å². The van der Waals surface area contributed by atoms with E-state index < -0.39 is 34.1 Å². The van der Waals surface area contributed by atoms with Crippen molar-refractivity contribution in [1.82, 2.24) is 5.32 Å². The highest BCUT2D eigenvalue weighted by atomic mass is 32.2. The summed E-state index contributed by atoms with van der Waals surface area (Å²) in [6, 6.07) is 9.99. The zero-order valence-corrected chi connectivity index (χ0v) is 15.7. The highest BCUT2D eigenvalue weighted by Gasteiger charge is 2.21. The van der Waals surface area contributed by atoms with Crippen molar-refractivity contribution >= 4 is 21.6 Å². The van der Waals surface area contributed by atoms with E-state index in [1.165, 1.54) is 0 Å². The number of benzene rings is 2. The number of aryl methyl sites for hydroxylation is 1. The number of amides is 1. The summed E-state index contributed by atoms with van der Waals surface area (Å²) < 4.78 is 56.4. The van der Waals surface area contributed by atoms with Crippen LogP contribution >= 0.6 is 0 Å². The average molecular weight is 398 g/mol. The highest BCUT2D eigenvalue weighted by molar-refractivity contribution is 7.92. The maximum atomic E-state index is 13.4. The lowest BCUT2D eigenvalue weighted by molar-refractivity contribution is -0.119. The predicted molar refractivity (Wildman–Crippen MR) is 98.2 cm³/mol. The van der Waals surface area contributed by atoms with Crippen LogP contribution in [0.4, 0.5) is 14.5 Å². The lowest BCUT2D eigenvalue weighted by Crippen LogP contribution is -2.41. The molecule has 6 nitrogen and oxygen atoms in total. The van der Waals surface area contributed by atoms with E-state index in [1.54, 1.807) is 12.1 Å². The van der Waals surface area contributed by atoms with Crippen LogP contribution in [0.25, 0.3) is 0 Å². The van der Waals surface area contributed by atoms with Gasteiger partial charge in [0.05, 0.1) is 18.5 Å². The largest absolute Gasteiger partial charge is 0.492 e. The van der Waals surface area contributed by atoms with Gasteiger partial charge in [-0.2, -0.15) is 0 Å². The zero-order valence-electron chi connectivity index (χ0n) is 14.9. The Bertz CT molecular complexity index is 902. The van der Waals surface area contributed by atoms with Crippen molar-refractivity contribution in [2.75, 3.05) is 30.3 Å². The number of carbonyl (C=O) groups is 1. The number of hydrogen-bond donors (Lipinski definition) is 1. The predicted octanol–water partition coefficient (Wildman–Crippen LogP) is 2.23. The van der Waals surface area contributed by atoms with Gasteiger partial charge in [0.1, 0.15) is 18.9 Å². The Balaban J connectivity index is 1.92. The van der Waals surface area contributed by atoms with Crippen LogP contribution in [0.1, 0.15) is 5.56 Å². The molecule has 2 rings (SSSR count). The molecule has 0 radical (unpaired) electrons. The van der Waals surface area contributed by atoms with Crippen molar-refractivity contribution in [2.45, 2.75) is 6.92 Å². The van der Waals surface area contributed by atoms with Crippen LogP contribution in [0, 0.1) is 18.6 Å². The van der Waals surface area contributed by atoms with E-state index in [-0.39, 0.29) is 18.8 Å². The maximum absolute atomic E-state index is 13.4. The first-order chi connectivity index (χ1) is 12.7. The van der Waals surface area contributed by atoms with Gasteiger partial charge in [0.25, 0.3) is 0 Å². The summed E-state index contributed by atoms with van der Waals surface area (Å²) in [4.78, 5) is 12.0. The third-order valence-corrected chi connectivity index (χ3v) is 4.73. The number of sulfonamides is 1. The summed E-state index contributed by atoms with van der Waals surface area (Å²) in [7, 11) is -3.87. The molecule has 0 aliphatic heterocycles. The Morgan fingerprint density at radius 2 is 1.78 bits per heavy atom. The molecule has 146 valence electrons. The maximum Gasteiger partial charge on any atom is 0.240 e. The van der Waals surface area contributed by atoms with Gasteiger partial charge < -0.3 is 10.1 Å². The van der Waals surface area contributed by atoms with E-state index in [4.69, 9.17) is 4.74 Å². The van der Waals surface area contributed by atoms with Crippen molar-refractivity contribution in [3.8, 4) is 5.75 Å². The fraction of sp³-hybridized carbons (Fsp3) is 0.278. The molecule has 0 fully saturated rings. The van der Waals surface area contributed by atoms with Crippen molar-refractivity contribution in [3.05, 3.63) is 59.7 Å². The zero-order chi connectivity index (χ0) is 20.0. The molecule has 9 heteroatoms.